The number of anilines is 1. The highest BCUT2D eigenvalue weighted by atomic mass is 19.1. The number of benzene rings is 2. The number of amides is 1. The molecular formula is C22H23FN4O2. The fourth-order valence-electron chi connectivity index (χ4n) is 2.80. The number of methoxy groups -OCH3 is 1. The highest BCUT2D eigenvalue weighted by Gasteiger charge is 2.08. The number of aromatic nitrogens is 2. The van der Waals surface area contributed by atoms with Gasteiger partial charge in [-0.25, -0.2) is 14.4 Å². The number of hydrogen-bond acceptors (Lipinski definition) is 5. The molecule has 0 fully saturated rings. The molecule has 6 nitrogen and oxygen atoms in total. The predicted octanol–water partition coefficient (Wildman–Crippen LogP) is 3.25. The SMILES string of the molecule is COc1cccc(CCNC(=O)c2cc(NCCc3ccc(F)cc3)ncn2)c1. The molecule has 1 heterocycles. The molecule has 2 aromatic carbocycles. The van der Waals surface area contributed by atoms with E-state index >= 15 is 0 Å². The van der Waals surface area contributed by atoms with Crippen LogP contribution in [0.2, 0.25) is 0 Å². The van der Waals surface area contributed by atoms with Crippen LogP contribution in [0, 0.1) is 5.82 Å². The van der Waals surface area contributed by atoms with Crippen molar-refractivity contribution in [3.8, 4) is 5.75 Å². The predicted molar refractivity (Wildman–Crippen MR) is 110 cm³/mol. The number of carbonyl (C=O) groups excluding carboxylic acids is 1. The van der Waals surface area contributed by atoms with Crippen LogP contribution in [0.1, 0.15) is 21.6 Å². The third-order valence-corrected chi connectivity index (χ3v) is 4.37. The zero-order valence-corrected chi connectivity index (χ0v) is 16.2. The summed E-state index contributed by atoms with van der Waals surface area (Å²) in [5.74, 6) is 0.859. The number of nitrogens with one attached hydrogen (secondary N) is 2. The fraction of sp³-hybridized carbons (Fsp3) is 0.227. The molecule has 3 rings (SSSR count). The van der Waals surface area contributed by atoms with E-state index in [0.29, 0.717) is 37.4 Å². The first-order valence-electron chi connectivity index (χ1n) is 9.35. The molecule has 2 N–H and O–H groups in total. The summed E-state index contributed by atoms with van der Waals surface area (Å²) in [5.41, 5.74) is 2.40. The van der Waals surface area contributed by atoms with Crippen molar-refractivity contribution in [1.82, 2.24) is 15.3 Å². The molecule has 0 atom stereocenters. The summed E-state index contributed by atoms with van der Waals surface area (Å²) in [5, 5.41) is 6.02. The van der Waals surface area contributed by atoms with Gasteiger partial charge in [-0.15, -0.1) is 0 Å². The molecular weight excluding hydrogens is 371 g/mol. The second-order valence-electron chi connectivity index (χ2n) is 6.45. The maximum atomic E-state index is 12.9. The van der Waals surface area contributed by atoms with Gasteiger partial charge in [0.1, 0.15) is 29.4 Å². The third-order valence-electron chi connectivity index (χ3n) is 4.37. The molecule has 0 unspecified atom stereocenters. The molecule has 150 valence electrons. The quantitative estimate of drug-likeness (QED) is 0.583. The summed E-state index contributed by atoms with van der Waals surface area (Å²) >= 11 is 0. The molecule has 1 aromatic heterocycles. The van der Waals surface area contributed by atoms with Crippen molar-refractivity contribution in [1.29, 1.82) is 0 Å². The van der Waals surface area contributed by atoms with Gasteiger partial charge in [-0.1, -0.05) is 24.3 Å². The smallest absolute Gasteiger partial charge is 0.270 e. The van der Waals surface area contributed by atoms with Crippen molar-refractivity contribution >= 4 is 11.7 Å². The van der Waals surface area contributed by atoms with E-state index in [2.05, 4.69) is 20.6 Å². The Balaban J connectivity index is 1.47. The molecule has 1 amide bonds. The lowest BCUT2D eigenvalue weighted by Gasteiger charge is -2.08. The van der Waals surface area contributed by atoms with Crippen molar-refractivity contribution in [2.75, 3.05) is 25.5 Å². The van der Waals surface area contributed by atoms with Gasteiger partial charge < -0.3 is 15.4 Å². The third kappa shape index (κ3) is 6.27. The van der Waals surface area contributed by atoms with Crippen LogP contribution in [0.25, 0.3) is 0 Å². The van der Waals surface area contributed by atoms with Gasteiger partial charge in [0.15, 0.2) is 0 Å². The van der Waals surface area contributed by atoms with E-state index in [9.17, 15) is 9.18 Å². The lowest BCUT2D eigenvalue weighted by atomic mass is 10.1. The Morgan fingerprint density at radius 1 is 1.00 bits per heavy atom. The Morgan fingerprint density at radius 3 is 2.59 bits per heavy atom. The second-order valence-corrected chi connectivity index (χ2v) is 6.45. The van der Waals surface area contributed by atoms with E-state index in [1.807, 2.05) is 24.3 Å². The minimum Gasteiger partial charge on any atom is -0.497 e. The lowest BCUT2D eigenvalue weighted by Crippen LogP contribution is -2.26. The highest BCUT2D eigenvalue weighted by molar-refractivity contribution is 5.92. The van der Waals surface area contributed by atoms with Crippen molar-refractivity contribution < 1.29 is 13.9 Å². The number of halogens is 1. The van der Waals surface area contributed by atoms with Gasteiger partial charge in [0.2, 0.25) is 0 Å². The van der Waals surface area contributed by atoms with Crippen LogP contribution in [0.4, 0.5) is 10.2 Å². The summed E-state index contributed by atoms with van der Waals surface area (Å²) in [7, 11) is 1.63. The summed E-state index contributed by atoms with van der Waals surface area (Å²) < 4.78 is 18.1. The Labute approximate surface area is 169 Å². The molecule has 7 heteroatoms. The van der Waals surface area contributed by atoms with E-state index in [0.717, 1.165) is 16.9 Å². The Bertz CT molecular complexity index is 948. The molecule has 0 spiro atoms. The largest absolute Gasteiger partial charge is 0.497 e. The van der Waals surface area contributed by atoms with Gasteiger partial charge >= 0.3 is 0 Å². The average molecular weight is 394 g/mol. The minimum absolute atomic E-state index is 0.250. The molecule has 0 aliphatic rings. The number of hydrogen-bond donors (Lipinski definition) is 2. The number of rotatable bonds is 9. The van der Waals surface area contributed by atoms with Crippen LogP contribution in [0.15, 0.2) is 60.9 Å². The molecule has 0 aliphatic heterocycles. The number of nitrogens with zero attached hydrogens (tertiary/aromatic N) is 2. The average Bonchev–Trinajstić information content (AvgIpc) is 2.75. The minimum atomic E-state index is -0.253. The number of ether oxygens (including phenoxy) is 1. The zero-order chi connectivity index (χ0) is 20.5. The molecule has 29 heavy (non-hydrogen) atoms. The van der Waals surface area contributed by atoms with Crippen LogP contribution >= 0.6 is 0 Å². The van der Waals surface area contributed by atoms with Crippen molar-refractivity contribution in [2.24, 2.45) is 0 Å². The van der Waals surface area contributed by atoms with Crippen molar-refractivity contribution in [3.63, 3.8) is 0 Å². The Kier molecular flexibility index (Phi) is 7.10. The fourth-order valence-corrected chi connectivity index (χ4v) is 2.80. The Morgan fingerprint density at radius 2 is 1.79 bits per heavy atom. The molecule has 0 bridgehead atoms. The van der Waals surface area contributed by atoms with Gasteiger partial charge in [0, 0.05) is 19.2 Å². The summed E-state index contributed by atoms with van der Waals surface area (Å²) in [6.45, 7) is 1.10. The van der Waals surface area contributed by atoms with Crippen LogP contribution in [-0.2, 0) is 12.8 Å². The maximum absolute atomic E-state index is 12.9. The van der Waals surface area contributed by atoms with Gasteiger partial charge in [-0.05, 0) is 48.2 Å². The molecule has 0 saturated heterocycles. The van der Waals surface area contributed by atoms with Gasteiger partial charge in [-0.3, -0.25) is 4.79 Å². The molecule has 0 radical (unpaired) electrons. The van der Waals surface area contributed by atoms with Gasteiger partial charge in [0.05, 0.1) is 7.11 Å². The van der Waals surface area contributed by atoms with Crippen LogP contribution in [-0.4, -0.2) is 36.1 Å². The van der Waals surface area contributed by atoms with E-state index < -0.39 is 0 Å². The first kappa shape index (κ1) is 20.3. The Hall–Kier alpha value is -3.48. The summed E-state index contributed by atoms with van der Waals surface area (Å²) in [4.78, 5) is 20.5. The normalized spacial score (nSPS) is 10.4. The second kappa shape index (κ2) is 10.2. The van der Waals surface area contributed by atoms with E-state index in [4.69, 9.17) is 4.74 Å². The highest BCUT2D eigenvalue weighted by Crippen LogP contribution is 2.12. The first-order valence-corrected chi connectivity index (χ1v) is 9.35. The molecule has 0 saturated carbocycles. The van der Waals surface area contributed by atoms with E-state index in [1.54, 1.807) is 25.3 Å². The van der Waals surface area contributed by atoms with Gasteiger partial charge in [0.25, 0.3) is 5.91 Å². The molecule has 3 aromatic rings. The topological polar surface area (TPSA) is 76.1 Å². The van der Waals surface area contributed by atoms with Crippen molar-refractivity contribution in [2.45, 2.75) is 12.8 Å². The first-order chi connectivity index (χ1) is 14.1. The summed E-state index contributed by atoms with van der Waals surface area (Å²) in [6, 6.07) is 15.7. The monoisotopic (exact) mass is 394 g/mol. The zero-order valence-electron chi connectivity index (χ0n) is 16.2. The standard InChI is InChI=1S/C22H23FN4O2/c1-29-19-4-2-3-17(13-19)10-12-25-22(28)20-14-21(27-15-26-20)24-11-9-16-5-7-18(23)8-6-16/h2-8,13-15H,9-12H2,1H3,(H,25,28)(H,24,26,27). The lowest BCUT2D eigenvalue weighted by molar-refractivity contribution is 0.0949. The maximum Gasteiger partial charge on any atom is 0.270 e. The summed E-state index contributed by atoms with van der Waals surface area (Å²) in [6.07, 6.45) is 2.76. The van der Waals surface area contributed by atoms with Crippen LogP contribution in [0.3, 0.4) is 0 Å². The van der Waals surface area contributed by atoms with Crippen molar-refractivity contribution in [3.05, 3.63) is 83.6 Å². The number of carbonyl (C=O) groups is 1. The molecule has 0 aliphatic carbocycles. The van der Waals surface area contributed by atoms with Crippen LogP contribution in [0.5, 0.6) is 5.75 Å². The van der Waals surface area contributed by atoms with Crippen LogP contribution < -0.4 is 15.4 Å². The van der Waals surface area contributed by atoms with Gasteiger partial charge in [-0.2, -0.15) is 0 Å². The van der Waals surface area contributed by atoms with E-state index in [1.165, 1.54) is 18.5 Å². The van der Waals surface area contributed by atoms with E-state index in [-0.39, 0.29) is 11.7 Å².